The molecule has 1 saturated heterocycles. The van der Waals surface area contributed by atoms with E-state index in [-0.39, 0.29) is 36.7 Å². The molecule has 0 saturated carbocycles. The van der Waals surface area contributed by atoms with Gasteiger partial charge in [-0.1, -0.05) is 18.2 Å². The van der Waals surface area contributed by atoms with Gasteiger partial charge in [0.25, 0.3) is 17.7 Å². The minimum atomic E-state index is -0.311. The number of benzene rings is 2. The van der Waals surface area contributed by atoms with Gasteiger partial charge < -0.3 is 15.0 Å². The highest BCUT2D eigenvalue weighted by Gasteiger charge is 2.35. The molecule has 7 nitrogen and oxygen atoms in total. The summed E-state index contributed by atoms with van der Waals surface area (Å²) < 4.78 is 5.66. The van der Waals surface area contributed by atoms with Gasteiger partial charge in [-0.05, 0) is 36.8 Å². The van der Waals surface area contributed by atoms with Gasteiger partial charge in [0.2, 0.25) is 0 Å². The lowest BCUT2D eigenvalue weighted by atomic mass is 10.1. The van der Waals surface area contributed by atoms with Gasteiger partial charge in [-0.25, -0.2) is 0 Å². The van der Waals surface area contributed by atoms with E-state index in [1.807, 2.05) is 6.92 Å². The summed E-state index contributed by atoms with van der Waals surface area (Å²) >= 11 is 0. The first-order valence-corrected chi connectivity index (χ1v) is 9.81. The number of carbonyl (C=O) groups excluding carboxylic acids is 3. The van der Waals surface area contributed by atoms with Gasteiger partial charge in [-0.3, -0.25) is 19.3 Å². The van der Waals surface area contributed by atoms with Gasteiger partial charge in [-0.15, -0.1) is 12.4 Å². The summed E-state index contributed by atoms with van der Waals surface area (Å²) in [6.45, 7) is 5.20. The zero-order valence-electron chi connectivity index (χ0n) is 16.7. The largest absolute Gasteiger partial charge is 0.493 e. The Morgan fingerprint density at radius 1 is 1.03 bits per heavy atom. The molecule has 0 unspecified atom stereocenters. The van der Waals surface area contributed by atoms with Gasteiger partial charge in [0.05, 0.1) is 29.8 Å². The average Bonchev–Trinajstić information content (AvgIpc) is 3.00. The lowest BCUT2D eigenvalue weighted by molar-refractivity contribution is 0.0642. The third-order valence-electron chi connectivity index (χ3n) is 5.20. The van der Waals surface area contributed by atoms with E-state index in [4.69, 9.17) is 4.74 Å². The SMILES string of the molecule is CCOc1ccc(CN2C(=O)c3ccccc3C2=O)cc1C(=O)N1CCNCC1.Cl. The summed E-state index contributed by atoms with van der Waals surface area (Å²) in [6, 6.07) is 12.1. The van der Waals surface area contributed by atoms with Crippen LogP contribution < -0.4 is 10.1 Å². The van der Waals surface area contributed by atoms with Crippen LogP contribution in [-0.4, -0.2) is 60.3 Å². The summed E-state index contributed by atoms with van der Waals surface area (Å²) in [4.78, 5) is 41.4. The quantitative estimate of drug-likeness (QED) is 0.738. The number of hydrogen-bond acceptors (Lipinski definition) is 5. The van der Waals surface area contributed by atoms with E-state index >= 15 is 0 Å². The van der Waals surface area contributed by atoms with E-state index in [1.165, 1.54) is 4.90 Å². The molecule has 4 rings (SSSR count). The molecule has 3 amide bonds. The van der Waals surface area contributed by atoms with Crippen molar-refractivity contribution in [3.05, 3.63) is 64.7 Å². The fourth-order valence-electron chi connectivity index (χ4n) is 3.73. The molecule has 0 aromatic heterocycles. The summed E-state index contributed by atoms with van der Waals surface area (Å²) in [5.74, 6) is -0.203. The van der Waals surface area contributed by atoms with Crippen molar-refractivity contribution in [1.82, 2.24) is 15.1 Å². The second-order valence-corrected chi connectivity index (χ2v) is 7.05. The molecule has 0 radical (unpaired) electrons. The highest BCUT2D eigenvalue weighted by atomic mass is 35.5. The van der Waals surface area contributed by atoms with Crippen LogP contribution in [0.1, 0.15) is 43.6 Å². The van der Waals surface area contributed by atoms with Crippen LogP contribution in [0.25, 0.3) is 0 Å². The Morgan fingerprint density at radius 3 is 2.27 bits per heavy atom. The number of nitrogens with one attached hydrogen (secondary N) is 1. The molecule has 2 aliphatic heterocycles. The summed E-state index contributed by atoms with van der Waals surface area (Å²) in [6.07, 6.45) is 0. The molecular formula is C22H24ClN3O4. The number of fused-ring (bicyclic) bond motifs is 1. The zero-order chi connectivity index (χ0) is 20.4. The number of halogens is 1. The second kappa shape index (κ2) is 9.28. The number of rotatable bonds is 5. The summed E-state index contributed by atoms with van der Waals surface area (Å²) in [5, 5.41) is 3.23. The molecule has 2 aromatic rings. The van der Waals surface area contributed by atoms with Crippen LogP contribution in [0.15, 0.2) is 42.5 Å². The highest BCUT2D eigenvalue weighted by molar-refractivity contribution is 6.21. The van der Waals surface area contributed by atoms with Crippen molar-refractivity contribution in [2.24, 2.45) is 0 Å². The molecule has 0 bridgehead atoms. The van der Waals surface area contributed by atoms with Crippen LogP contribution >= 0.6 is 12.4 Å². The first kappa shape index (κ1) is 21.8. The topological polar surface area (TPSA) is 79.0 Å². The Labute approximate surface area is 181 Å². The zero-order valence-corrected chi connectivity index (χ0v) is 17.5. The smallest absolute Gasteiger partial charge is 0.261 e. The minimum Gasteiger partial charge on any atom is -0.493 e. The number of carbonyl (C=O) groups is 3. The van der Waals surface area contributed by atoms with Crippen molar-refractivity contribution in [2.45, 2.75) is 13.5 Å². The van der Waals surface area contributed by atoms with Gasteiger partial charge in [0.15, 0.2) is 0 Å². The Balaban J connectivity index is 0.00000256. The van der Waals surface area contributed by atoms with Crippen LogP contribution in [-0.2, 0) is 6.54 Å². The van der Waals surface area contributed by atoms with E-state index < -0.39 is 0 Å². The van der Waals surface area contributed by atoms with Gasteiger partial charge in [0.1, 0.15) is 5.75 Å². The standard InChI is InChI=1S/C22H23N3O4.ClH/c1-2-29-19-8-7-15(13-18(19)20(26)24-11-9-23-10-12-24)14-25-21(27)16-5-3-4-6-17(16)22(25)28;/h3-8,13,23H,2,9-12,14H2,1H3;1H. The molecule has 2 aromatic carbocycles. The number of amides is 3. The van der Waals surface area contributed by atoms with Crippen LogP contribution in [0.2, 0.25) is 0 Å². The van der Waals surface area contributed by atoms with Crippen molar-refractivity contribution < 1.29 is 19.1 Å². The molecule has 2 heterocycles. The lowest BCUT2D eigenvalue weighted by Gasteiger charge is -2.28. The second-order valence-electron chi connectivity index (χ2n) is 7.05. The Hall–Kier alpha value is -2.90. The van der Waals surface area contributed by atoms with Crippen molar-refractivity contribution in [3.8, 4) is 5.75 Å². The van der Waals surface area contributed by atoms with Crippen LogP contribution in [0, 0.1) is 0 Å². The van der Waals surface area contributed by atoms with Crippen molar-refractivity contribution >= 4 is 30.1 Å². The number of hydrogen-bond donors (Lipinski definition) is 1. The molecular weight excluding hydrogens is 406 g/mol. The van der Waals surface area contributed by atoms with E-state index in [9.17, 15) is 14.4 Å². The maximum Gasteiger partial charge on any atom is 0.261 e. The molecule has 0 aliphatic carbocycles. The molecule has 0 atom stereocenters. The number of ether oxygens (including phenoxy) is 1. The highest BCUT2D eigenvalue weighted by Crippen LogP contribution is 2.27. The van der Waals surface area contributed by atoms with Crippen LogP contribution in [0.4, 0.5) is 0 Å². The van der Waals surface area contributed by atoms with E-state index in [0.29, 0.717) is 47.7 Å². The molecule has 1 fully saturated rings. The first-order valence-electron chi connectivity index (χ1n) is 9.81. The Morgan fingerprint density at radius 2 is 1.67 bits per heavy atom. The fraction of sp³-hybridized carbons (Fsp3) is 0.318. The molecule has 8 heteroatoms. The first-order chi connectivity index (χ1) is 14.1. The molecule has 1 N–H and O–H groups in total. The third-order valence-corrected chi connectivity index (χ3v) is 5.20. The molecule has 2 aliphatic rings. The van der Waals surface area contributed by atoms with Crippen LogP contribution in [0.5, 0.6) is 5.75 Å². The molecule has 30 heavy (non-hydrogen) atoms. The number of imide groups is 1. The molecule has 158 valence electrons. The summed E-state index contributed by atoms with van der Waals surface area (Å²) in [5.41, 5.74) is 2.01. The van der Waals surface area contributed by atoms with Gasteiger partial charge >= 0.3 is 0 Å². The number of nitrogens with zero attached hydrogens (tertiary/aromatic N) is 2. The van der Waals surface area contributed by atoms with Crippen molar-refractivity contribution in [1.29, 1.82) is 0 Å². The van der Waals surface area contributed by atoms with E-state index in [1.54, 1.807) is 47.4 Å². The monoisotopic (exact) mass is 429 g/mol. The van der Waals surface area contributed by atoms with Crippen molar-refractivity contribution in [2.75, 3.05) is 32.8 Å². The van der Waals surface area contributed by atoms with Gasteiger partial charge in [0, 0.05) is 26.2 Å². The Kier molecular flexibility index (Phi) is 6.74. The van der Waals surface area contributed by atoms with Crippen molar-refractivity contribution in [3.63, 3.8) is 0 Å². The normalized spacial score (nSPS) is 15.6. The maximum atomic E-state index is 13.1. The fourth-order valence-corrected chi connectivity index (χ4v) is 3.73. The van der Waals surface area contributed by atoms with E-state index in [0.717, 1.165) is 13.1 Å². The minimum absolute atomic E-state index is 0. The average molecular weight is 430 g/mol. The maximum absolute atomic E-state index is 13.1. The van der Waals surface area contributed by atoms with E-state index in [2.05, 4.69) is 5.32 Å². The van der Waals surface area contributed by atoms with Crippen LogP contribution in [0.3, 0.4) is 0 Å². The number of piperazine rings is 1. The van der Waals surface area contributed by atoms with Gasteiger partial charge in [-0.2, -0.15) is 0 Å². The predicted molar refractivity (Wildman–Crippen MR) is 114 cm³/mol. The Bertz CT molecular complexity index is 938. The predicted octanol–water partition coefficient (Wildman–Crippen LogP) is 2.35. The third kappa shape index (κ3) is 4.04. The lowest BCUT2D eigenvalue weighted by Crippen LogP contribution is -2.46. The summed E-state index contributed by atoms with van der Waals surface area (Å²) in [7, 11) is 0. The molecule has 0 spiro atoms.